The summed E-state index contributed by atoms with van der Waals surface area (Å²) >= 11 is 5.97. The second kappa shape index (κ2) is 2.12. The van der Waals surface area contributed by atoms with Gasteiger partial charge in [-0.2, -0.15) is 0 Å². The van der Waals surface area contributed by atoms with Crippen LogP contribution in [0.25, 0.3) is 0 Å². The summed E-state index contributed by atoms with van der Waals surface area (Å²) in [6.45, 7) is 0. The van der Waals surface area contributed by atoms with Gasteiger partial charge in [0.2, 0.25) is 0 Å². The molecule has 56 valence electrons. The van der Waals surface area contributed by atoms with Crippen molar-refractivity contribution in [1.82, 2.24) is 0 Å². The molecule has 1 aliphatic carbocycles. The van der Waals surface area contributed by atoms with Crippen LogP contribution in [0.15, 0.2) is 0 Å². The lowest BCUT2D eigenvalue weighted by molar-refractivity contribution is -0.152. The summed E-state index contributed by atoms with van der Waals surface area (Å²) < 4.78 is 5.02. The van der Waals surface area contributed by atoms with Crippen molar-refractivity contribution in [2.45, 2.75) is 30.7 Å². The lowest BCUT2D eigenvalue weighted by Gasteiger charge is -2.24. The van der Waals surface area contributed by atoms with E-state index in [0.717, 1.165) is 12.8 Å². The molecular weight excluding hydrogens is 152 g/mol. The maximum absolute atomic E-state index is 10.8. The van der Waals surface area contributed by atoms with E-state index in [-0.39, 0.29) is 17.5 Å². The molecule has 2 bridgehead atoms. The summed E-state index contributed by atoms with van der Waals surface area (Å²) in [4.78, 5) is 10.8. The standard InChI is InChI=1S/C7H9ClO2/c8-7-4-1-2-5(7)10-6(9)3-4/h4-5,7H,1-3H2/t4-,5-,7+/m0/s1. The van der Waals surface area contributed by atoms with Crippen molar-refractivity contribution in [3.05, 3.63) is 0 Å². The number of hydrogen-bond acceptors (Lipinski definition) is 2. The van der Waals surface area contributed by atoms with Gasteiger partial charge in [-0.1, -0.05) is 0 Å². The summed E-state index contributed by atoms with van der Waals surface area (Å²) in [5, 5.41) is 0.0951. The van der Waals surface area contributed by atoms with Gasteiger partial charge in [0.25, 0.3) is 0 Å². The van der Waals surface area contributed by atoms with Gasteiger partial charge in [-0.05, 0) is 18.8 Å². The van der Waals surface area contributed by atoms with Crippen molar-refractivity contribution in [1.29, 1.82) is 0 Å². The molecule has 2 aliphatic rings. The number of rotatable bonds is 0. The molecule has 0 spiro atoms. The Bertz CT molecular complexity index is 153. The second-order valence-electron chi connectivity index (χ2n) is 3.01. The minimum Gasteiger partial charge on any atom is -0.461 e. The Morgan fingerprint density at radius 1 is 1.50 bits per heavy atom. The van der Waals surface area contributed by atoms with Gasteiger partial charge < -0.3 is 4.74 Å². The second-order valence-corrected chi connectivity index (χ2v) is 3.52. The highest BCUT2D eigenvalue weighted by Crippen LogP contribution is 2.38. The zero-order valence-electron chi connectivity index (χ0n) is 5.55. The van der Waals surface area contributed by atoms with E-state index in [9.17, 15) is 4.79 Å². The van der Waals surface area contributed by atoms with Gasteiger partial charge >= 0.3 is 5.97 Å². The van der Waals surface area contributed by atoms with Gasteiger partial charge in [0, 0.05) is 6.42 Å². The molecule has 0 aromatic rings. The van der Waals surface area contributed by atoms with Crippen LogP contribution in [0.1, 0.15) is 19.3 Å². The third-order valence-electron chi connectivity index (χ3n) is 2.34. The van der Waals surface area contributed by atoms with Crippen molar-refractivity contribution < 1.29 is 9.53 Å². The maximum atomic E-state index is 10.8. The van der Waals surface area contributed by atoms with Crippen molar-refractivity contribution >= 4 is 17.6 Å². The van der Waals surface area contributed by atoms with Gasteiger partial charge in [-0.25, -0.2) is 0 Å². The number of carbonyl (C=O) groups is 1. The Hall–Kier alpha value is -0.240. The number of alkyl halides is 1. The van der Waals surface area contributed by atoms with Crippen molar-refractivity contribution in [2.24, 2.45) is 5.92 Å². The minimum absolute atomic E-state index is 0.0212. The molecule has 0 amide bonds. The Balaban J connectivity index is 2.16. The van der Waals surface area contributed by atoms with Gasteiger partial charge in [0.05, 0.1) is 5.38 Å². The highest BCUT2D eigenvalue weighted by Gasteiger charge is 2.42. The predicted molar refractivity (Wildman–Crippen MR) is 36.9 cm³/mol. The molecule has 1 aliphatic heterocycles. The molecule has 0 unspecified atom stereocenters. The molecule has 0 aromatic heterocycles. The molecule has 0 N–H and O–H groups in total. The smallest absolute Gasteiger partial charge is 0.306 e. The Morgan fingerprint density at radius 3 is 3.00 bits per heavy atom. The number of ether oxygens (including phenoxy) is 1. The molecule has 1 saturated carbocycles. The molecule has 1 saturated heterocycles. The van der Waals surface area contributed by atoms with Crippen LogP contribution in [0.2, 0.25) is 0 Å². The summed E-state index contributed by atoms with van der Waals surface area (Å²) in [7, 11) is 0. The molecule has 0 aromatic carbocycles. The van der Waals surface area contributed by atoms with Gasteiger partial charge in [0.1, 0.15) is 6.10 Å². The zero-order valence-corrected chi connectivity index (χ0v) is 6.30. The molecular formula is C7H9ClO2. The molecule has 2 nitrogen and oxygen atoms in total. The summed E-state index contributed by atoms with van der Waals surface area (Å²) in [6, 6.07) is 0. The summed E-state index contributed by atoms with van der Waals surface area (Å²) in [6.07, 6.45) is 2.58. The van der Waals surface area contributed by atoms with E-state index < -0.39 is 0 Å². The van der Waals surface area contributed by atoms with Crippen LogP contribution < -0.4 is 0 Å². The molecule has 2 rings (SSSR count). The number of carbonyl (C=O) groups excluding carboxylic acids is 1. The monoisotopic (exact) mass is 160 g/mol. The normalized spacial score (nSPS) is 45.3. The van der Waals surface area contributed by atoms with E-state index in [2.05, 4.69) is 0 Å². The molecule has 3 heteroatoms. The molecule has 1 heterocycles. The van der Waals surface area contributed by atoms with E-state index in [1.165, 1.54) is 0 Å². The fourth-order valence-electron chi connectivity index (χ4n) is 1.77. The lowest BCUT2D eigenvalue weighted by atomic mass is 10.0. The third kappa shape index (κ3) is 0.823. The average molecular weight is 161 g/mol. The number of esters is 1. The maximum Gasteiger partial charge on any atom is 0.306 e. The average Bonchev–Trinajstić information content (AvgIpc) is 2.20. The number of fused-ring (bicyclic) bond motifs is 2. The zero-order chi connectivity index (χ0) is 7.14. The first-order chi connectivity index (χ1) is 4.77. The largest absolute Gasteiger partial charge is 0.461 e. The quantitative estimate of drug-likeness (QED) is 0.395. The van der Waals surface area contributed by atoms with E-state index in [1.54, 1.807) is 0 Å². The first-order valence-corrected chi connectivity index (χ1v) is 4.04. The van der Waals surface area contributed by atoms with E-state index in [0.29, 0.717) is 12.3 Å². The van der Waals surface area contributed by atoms with Gasteiger partial charge in [0.15, 0.2) is 0 Å². The Labute approximate surface area is 64.5 Å². The minimum atomic E-state index is -0.0654. The summed E-state index contributed by atoms with van der Waals surface area (Å²) in [5.41, 5.74) is 0. The lowest BCUT2D eigenvalue weighted by Crippen LogP contribution is -2.32. The molecule has 0 radical (unpaired) electrons. The Kier molecular flexibility index (Phi) is 1.37. The van der Waals surface area contributed by atoms with Crippen molar-refractivity contribution in [2.75, 3.05) is 0 Å². The van der Waals surface area contributed by atoms with Gasteiger partial charge in [-0.3, -0.25) is 4.79 Å². The van der Waals surface area contributed by atoms with Crippen LogP contribution in [-0.2, 0) is 9.53 Å². The molecule has 3 atom stereocenters. The summed E-state index contributed by atoms with van der Waals surface area (Å²) in [5.74, 6) is 0.331. The highest BCUT2D eigenvalue weighted by molar-refractivity contribution is 6.21. The third-order valence-corrected chi connectivity index (χ3v) is 2.98. The van der Waals surface area contributed by atoms with Crippen LogP contribution in [0, 0.1) is 5.92 Å². The number of hydrogen-bond donors (Lipinski definition) is 0. The predicted octanol–water partition coefficient (Wildman–Crippen LogP) is 1.32. The first-order valence-electron chi connectivity index (χ1n) is 3.61. The molecule has 10 heavy (non-hydrogen) atoms. The SMILES string of the molecule is O=C1C[C@@H]2CC[C@H](O1)[C@@H]2Cl. The van der Waals surface area contributed by atoms with E-state index in [4.69, 9.17) is 16.3 Å². The van der Waals surface area contributed by atoms with Gasteiger partial charge in [-0.15, -0.1) is 11.6 Å². The van der Waals surface area contributed by atoms with Crippen molar-refractivity contribution in [3.63, 3.8) is 0 Å². The van der Waals surface area contributed by atoms with Crippen LogP contribution in [-0.4, -0.2) is 17.5 Å². The Morgan fingerprint density at radius 2 is 2.30 bits per heavy atom. The fourth-order valence-corrected chi connectivity index (χ4v) is 2.16. The first kappa shape index (κ1) is 6.47. The van der Waals surface area contributed by atoms with Crippen LogP contribution >= 0.6 is 11.6 Å². The topological polar surface area (TPSA) is 26.3 Å². The fraction of sp³-hybridized carbons (Fsp3) is 0.857. The highest BCUT2D eigenvalue weighted by atomic mass is 35.5. The van der Waals surface area contributed by atoms with Crippen LogP contribution in [0.4, 0.5) is 0 Å². The van der Waals surface area contributed by atoms with E-state index >= 15 is 0 Å². The van der Waals surface area contributed by atoms with Crippen LogP contribution in [0.3, 0.4) is 0 Å². The van der Waals surface area contributed by atoms with Crippen molar-refractivity contribution in [3.8, 4) is 0 Å². The molecule has 2 fully saturated rings. The number of halogens is 1. The van der Waals surface area contributed by atoms with E-state index in [1.807, 2.05) is 0 Å². The van der Waals surface area contributed by atoms with Crippen LogP contribution in [0.5, 0.6) is 0 Å².